The summed E-state index contributed by atoms with van der Waals surface area (Å²) in [7, 11) is 0. The van der Waals surface area contributed by atoms with Crippen LogP contribution in [0.3, 0.4) is 0 Å². The maximum absolute atomic E-state index is 6.01. The third-order valence-corrected chi connectivity index (χ3v) is 2.07. The van der Waals surface area contributed by atoms with Gasteiger partial charge in [0.1, 0.15) is 0 Å². The van der Waals surface area contributed by atoms with E-state index in [4.69, 9.17) is 5.73 Å². The van der Waals surface area contributed by atoms with Crippen molar-refractivity contribution in [3.8, 4) is 0 Å². The average molecular weight is 185 g/mol. The smallest absolute Gasteiger partial charge is 0.0843 e. The Balaban J connectivity index is 2.30. The SMILES string of the molecule is N[C@H](c1ccccc1)c1cccnn1. The zero-order valence-corrected chi connectivity index (χ0v) is 7.67. The van der Waals surface area contributed by atoms with Crippen LogP contribution in [0.25, 0.3) is 0 Å². The van der Waals surface area contributed by atoms with Gasteiger partial charge >= 0.3 is 0 Å². The van der Waals surface area contributed by atoms with Crippen molar-refractivity contribution in [1.29, 1.82) is 0 Å². The van der Waals surface area contributed by atoms with Gasteiger partial charge < -0.3 is 5.73 Å². The van der Waals surface area contributed by atoms with Gasteiger partial charge in [0.15, 0.2) is 0 Å². The Kier molecular flexibility index (Phi) is 2.51. The normalized spacial score (nSPS) is 12.4. The average Bonchev–Trinajstić information content (AvgIpc) is 2.30. The first-order chi connectivity index (χ1) is 6.88. The first-order valence-electron chi connectivity index (χ1n) is 4.46. The molecule has 1 aromatic carbocycles. The summed E-state index contributed by atoms with van der Waals surface area (Å²) in [5.74, 6) is 0. The molecule has 3 nitrogen and oxygen atoms in total. The van der Waals surface area contributed by atoms with Gasteiger partial charge in [0.25, 0.3) is 0 Å². The minimum Gasteiger partial charge on any atom is -0.319 e. The first kappa shape index (κ1) is 8.84. The second-order valence-electron chi connectivity index (χ2n) is 3.04. The van der Waals surface area contributed by atoms with Crippen LogP contribution in [0.1, 0.15) is 17.3 Å². The molecule has 0 unspecified atom stereocenters. The van der Waals surface area contributed by atoms with Crippen LogP contribution < -0.4 is 5.73 Å². The summed E-state index contributed by atoms with van der Waals surface area (Å²) in [6.07, 6.45) is 1.64. The van der Waals surface area contributed by atoms with Crippen molar-refractivity contribution in [3.63, 3.8) is 0 Å². The first-order valence-corrected chi connectivity index (χ1v) is 4.46. The van der Waals surface area contributed by atoms with Crippen LogP contribution in [-0.4, -0.2) is 10.2 Å². The Bertz CT molecular complexity index is 346. The van der Waals surface area contributed by atoms with E-state index in [9.17, 15) is 0 Å². The summed E-state index contributed by atoms with van der Waals surface area (Å²) in [6, 6.07) is 13.4. The van der Waals surface area contributed by atoms with E-state index in [1.807, 2.05) is 42.5 Å². The Hall–Kier alpha value is -1.74. The topological polar surface area (TPSA) is 51.8 Å². The van der Waals surface area contributed by atoms with Gasteiger partial charge in [-0.2, -0.15) is 10.2 Å². The van der Waals surface area contributed by atoms with Crippen molar-refractivity contribution in [2.24, 2.45) is 5.73 Å². The number of rotatable bonds is 2. The second kappa shape index (κ2) is 3.98. The molecule has 0 aliphatic carbocycles. The van der Waals surface area contributed by atoms with E-state index in [0.29, 0.717) is 0 Å². The Morgan fingerprint density at radius 3 is 2.43 bits per heavy atom. The highest BCUT2D eigenvalue weighted by atomic mass is 15.1. The van der Waals surface area contributed by atoms with Crippen LogP contribution in [0, 0.1) is 0 Å². The molecular formula is C11H11N3. The minimum atomic E-state index is -0.190. The second-order valence-corrected chi connectivity index (χ2v) is 3.04. The molecule has 0 fully saturated rings. The maximum Gasteiger partial charge on any atom is 0.0843 e. The number of nitrogens with zero attached hydrogens (tertiary/aromatic N) is 2. The zero-order chi connectivity index (χ0) is 9.80. The lowest BCUT2D eigenvalue weighted by atomic mass is 10.1. The number of nitrogens with two attached hydrogens (primary N) is 1. The molecule has 0 radical (unpaired) electrons. The molecule has 0 spiro atoms. The van der Waals surface area contributed by atoms with Crippen LogP contribution >= 0.6 is 0 Å². The fraction of sp³-hybridized carbons (Fsp3) is 0.0909. The highest BCUT2D eigenvalue weighted by Crippen LogP contribution is 2.15. The Labute approximate surface area is 82.6 Å². The van der Waals surface area contributed by atoms with Gasteiger partial charge in [0.2, 0.25) is 0 Å². The highest BCUT2D eigenvalue weighted by molar-refractivity contribution is 5.25. The highest BCUT2D eigenvalue weighted by Gasteiger charge is 2.08. The molecule has 0 saturated carbocycles. The van der Waals surface area contributed by atoms with Gasteiger partial charge in [0.05, 0.1) is 11.7 Å². The number of aromatic nitrogens is 2. The molecule has 2 rings (SSSR count). The fourth-order valence-electron chi connectivity index (χ4n) is 1.31. The van der Waals surface area contributed by atoms with Gasteiger partial charge in [-0.15, -0.1) is 0 Å². The predicted octanol–water partition coefficient (Wildman–Crippen LogP) is 1.52. The zero-order valence-electron chi connectivity index (χ0n) is 7.67. The lowest BCUT2D eigenvalue weighted by molar-refractivity contribution is 0.791. The molecule has 1 heterocycles. The Morgan fingerprint density at radius 2 is 1.79 bits per heavy atom. The molecule has 0 bridgehead atoms. The van der Waals surface area contributed by atoms with E-state index in [0.717, 1.165) is 11.3 Å². The summed E-state index contributed by atoms with van der Waals surface area (Å²) < 4.78 is 0. The lowest BCUT2D eigenvalue weighted by Crippen LogP contribution is -2.13. The molecule has 14 heavy (non-hydrogen) atoms. The van der Waals surface area contributed by atoms with E-state index < -0.39 is 0 Å². The fourth-order valence-corrected chi connectivity index (χ4v) is 1.31. The van der Waals surface area contributed by atoms with Crippen molar-refractivity contribution >= 4 is 0 Å². The van der Waals surface area contributed by atoms with E-state index in [2.05, 4.69) is 10.2 Å². The quantitative estimate of drug-likeness (QED) is 0.771. The lowest BCUT2D eigenvalue weighted by Gasteiger charge is -2.09. The standard InChI is InChI=1S/C11H11N3/c12-11(9-5-2-1-3-6-9)10-7-4-8-13-14-10/h1-8,11H,12H2/t11-/m1/s1. The van der Waals surface area contributed by atoms with E-state index in [1.165, 1.54) is 0 Å². The van der Waals surface area contributed by atoms with Crippen molar-refractivity contribution in [2.75, 3.05) is 0 Å². The Morgan fingerprint density at radius 1 is 1.00 bits per heavy atom. The minimum absolute atomic E-state index is 0.190. The largest absolute Gasteiger partial charge is 0.319 e. The molecule has 0 amide bonds. The maximum atomic E-state index is 6.01. The molecule has 3 heteroatoms. The van der Waals surface area contributed by atoms with Crippen molar-refractivity contribution in [3.05, 3.63) is 59.9 Å². The molecular weight excluding hydrogens is 174 g/mol. The third-order valence-electron chi connectivity index (χ3n) is 2.07. The molecule has 0 aliphatic rings. The monoisotopic (exact) mass is 185 g/mol. The van der Waals surface area contributed by atoms with Gasteiger partial charge in [-0.1, -0.05) is 30.3 Å². The van der Waals surface area contributed by atoms with Crippen LogP contribution in [0.15, 0.2) is 48.7 Å². The summed E-state index contributed by atoms with van der Waals surface area (Å²) in [6.45, 7) is 0. The molecule has 0 saturated heterocycles. The van der Waals surface area contributed by atoms with Crippen LogP contribution in [-0.2, 0) is 0 Å². The summed E-state index contributed by atoms with van der Waals surface area (Å²) in [4.78, 5) is 0. The molecule has 0 aliphatic heterocycles. The number of benzene rings is 1. The van der Waals surface area contributed by atoms with Gasteiger partial charge in [-0.3, -0.25) is 0 Å². The van der Waals surface area contributed by atoms with Crippen LogP contribution in [0.4, 0.5) is 0 Å². The molecule has 2 aromatic rings. The predicted molar refractivity (Wildman–Crippen MR) is 54.5 cm³/mol. The van der Waals surface area contributed by atoms with Crippen LogP contribution in [0.5, 0.6) is 0 Å². The van der Waals surface area contributed by atoms with Crippen molar-refractivity contribution in [2.45, 2.75) is 6.04 Å². The number of hydrogen-bond donors (Lipinski definition) is 1. The van der Waals surface area contributed by atoms with E-state index in [-0.39, 0.29) is 6.04 Å². The number of hydrogen-bond acceptors (Lipinski definition) is 3. The van der Waals surface area contributed by atoms with Gasteiger partial charge in [0, 0.05) is 6.20 Å². The summed E-state index contributed by atoms with van der Waals surface area (Å²) >= 11 is 0. The molecule has 1 atom stereocenters. The van der Waals surface area contributed by atoms with E-state index in [1.54, 1.807) is 6.20 Å². The summed E-state index contributed by atoms with van der Waals surface area (Å²) in [5, 5.41) is 7.78. The van der Waals surface area contributed by atoms with Crippen molar-refractivity contribution in [1.82, 2.24) is 10.2 Å². The third kappa shape index (κ3) is 1.78. The molecule has 1 aromatic heterocycles. The van der Waals surface area contributed by atoms with E-state index >= 15 is 0 Å². The molecule has 70 valence electrons. The van der Waals surface area contributed by atoms with Gasteiger partial charge in [-0.05, 0) is 17.7 Å². The van der Waals surface area contributed by atoms with Crippen molar-refractivity contribution < 1.29 is 0 Å². The van der Waals surface area contributed by atoms with Crippen LogP contribution in [0.2, 0.25) is 0 Å². The summed E-state index contributed by atoms with van der Waals surface area (Å²) in [5.41, 5.74) is 7.85. The molecule has 2 N–H and O–H groups in total. The van der Waals surface area contributed by atoms with Gasteiger partial charge in [-0.25, -0.2) is 0 Å².